The van der Waals surface area contributed by atoms with Crippen LogP contribution in [0.5, 0.6) is 11.5 Å². The van der Waals surface area contributed by atoms with E-state index in [0.29, 0.717) is 6.04 Å². The molecule has 17 heavy (non-hydrogen) atoms. The van der Waals surface area contributed by atoms with Gasteiger partial charge in [0.2, 0.25) is 0 Å². The summed E-state index contributed by atoms with van der Waals surface area (Å²) in [7, 11) is 3.36. The fourth-order valence-electron chi connectivity index (χ4n) is 1.77. The van der Waals surface area contributed by atoms with Crippen LogP contribution < -0.4 is 14.8 Å². The Kier molecular flexibility index (Phi) is 5.67. The molecule has 1 unspecified atom stereocenters. The number of hydrogen-bond donors (Lipinski definition) is 1. The van der Waals surface area contributed by atoms with E-state index in [1.807, 2.05) is 18.2 Å². The van der Waals surface area contributed by atoms with E-state index >= 15 is 0 Å². The fraction of sp³-hybridized carbons (Fsp3) is 0.571. The van der Waals surface area contributed by atoms with Gasteiger partial charge in [-0.1, -0.05) is 19.8 Å². The number of unbranched alkanes of at least 4 members (excludes halogenated alkanes) is 1. The molecule has 1 aromatic carbocycles. The smallest absolute Gasteiger partial charge is 0.142 e. The lowest BCUT2D eigenvalue weighted by Gasteiger charge is -2.18. The normalized spacial score (nSPS) is 12.0. The summed E-state index contributed by atoms with van der Waals surface area (Å²) in [6.07, 6.45) is 3.62. The first kappa shape index (κ1) is 13.7. The molecule has 0 aliphatic heterocycles. The predicted octanol–water partition coefficient (Wildman–Crippen LogP) is 3.69. The summed E-state index contributed by atoms with van der Waals surface area (Å²) in [5, 5.41) is 3.47. The van der Waals surface area contributed by atoms with Gasteiger partial charge in [0.05, 0.1) is 19.9 Å². The molecule has 0 heterocycles. The average molecular weight is 237 g/mol. The van der Waals surface area contributed by atoms with E-state index < -0.39 is 0 Å². The van der Waals surface area contributed by atoms with Crippen molar-refractivity contribution in [2.24, 2.45) is 0 Å². The zero-order valence-electron chi connectivity index (χ0n) is 11.2. The third-order valence-corrected chi connectivity index (χ3v) is 2.80. The quantitative estimate of drug-likeness (QED) is 0.784. The average Bonchev–Trinajstić information content (AvgIpc) is 2.36. The van der Waals surface area contributed by atoms with Crippen molar-refractivity contribution in [1.82, 2.24) is 0 Å². The Morgan fingerprint density at radius 3 is 2.59 bits per heavy atom. The third-order valence-electron chi connectivity index (χ3n) is 2.80. The molecule has 0 saturated carbocycles. The Morgan fingerprint density at radius 2 is 2.00 bits per heavy atom. The number of methoxy groups -OCH3 is 2. The van der Waals surface area contributed by atoms with Gasteiger partial charge in [-0.15, -0.1) is 0 Å². The van der Waals surface area contributed by atoms with E-state index in [0.717, 1.165) is 23.6 Å². The van der Waals surface area contributed by atoms with Gasteiger partial charge in [0, 0.05) is 12.1 Å². The van der Waals surface area contributed by atoms with E-state index in [4.69, 9.17) is 9.47 Å². The summed E-state index contributed by atoms with van der Waals surface area (Å²) < 4.78 is 10.6. The van der Waals surface area contributed by atoms with E-state index in [9.17, 15) is 0 Å². The second-order valence-corrected chi connectivity index (χ2v) is 4.25. The molecule has 0 bridgehead atoms. The van der Waals surface area contributed by atoms with Gasteiger partial charge >= 0.3 is 0 Å². The number of nitrogens with one attached hydrogen (secondary N) is 1. The molecule has 0 aliphatic carbocycles. The van der Waals surface area contributed by atoms with Crippen molar-refractivity contribution in [3.63, 3.8) is 0 Å². The minimum Gasteiger partial charge on any atom is -0.497 e. The van der Waals surface area contributed by atoms with Crippen LogP contribution in [0, 0.1) is 0 Å². The number of ether oxygens (including phenoxy) is 2. The summed E-state index contributed by atoms with van der Waals surface area (Å²) in [6, 6.07) is 6.24. The van der Waals surface area contributed by atoms with Crippen LogP contribution in [0.4, 0.5) is 5.69 Å². The van der Waals surface area contributed by atoms with Crippen LogP contribution in [0.25, 0.3) is 0 Å². The van der Waals surface area contributed by atoms with E-state index in [1.165, 1.54) is 12.8 Å². The van der Waals surface area contributed by atoms with Crippen LogP contribution >= 0.6 is 0 Å². The molecule has 96 valence electrons. The number of anilines is 1. The van der Waals surface area contributed by atoms with Crippen LogP contribution in [0.15, 0.2) is 18.2 Å². The molecule has 0 aromatic heterocycles. The van der Waals surface area contributed by atoms with Gasteiger partial charge in [0.1, 0.15) is 11.5 Å². The molecule has 0 radical (unpaired) electrons. The first-order valence-electron chi connectivity index (χ1n) is 6.19. The van der Waals surface area contributed by atoms with Crippen molar-refractivity contribution >= 4 is 5.69 Å². The molecule has 3 heteroatoms. The summed E-state index contributed by atoms with van der Waals surface area (Å²) in [6.45, 7) is 4.40. The topological polar surface area (TPSA) is 30.5 Å². The van der Waals surface area contributed by atoms with Crippen molar-refractivity contribution in [3.8, 4) is 11.5 Å². The van der Waals surface area contributed by atoms with Crippen molar-refractivity contribution in [2.75, 3.05) is 19.5 Å². The predicted molar refractivity (Wildman–Crippen MR) is 72.2 cm³/mol. The van der Waals surface area contributed by atoms with Gasteiger partial charge in [0.15, 0.2) is 0 Å². The van der Waals surface area contributed by atoms with Crippen LogP contribution in [0.2, 0.25) is 0 Å². The highest BCUT2D eigenvalue weighted by atomic mass is 16.5. The lowest BCUT2D eigenvalue weighted by atomic mass is 10.1. The summed E-state index contributed by atoms with van der Waals surface area (Å²) in [5.74, 6) is 1.70. The molecular weight excluding hydrogens is 214 g/mol. The summed E-state index contributed by atoms with van der Waals surface area (Å²) >= 11 is 0. The maximum absolute atomic E-state index is 5.33. The van der Waals surface area contributed by atoms with E-state index in [-0.39, 0.29) is 0 Å². The SMILES string of the molecule is CCCCC(C)Nc1cc(OC)ccc1OC. The first-order chi connectivity index (χ1) is 8.21. The highest BCUT2D eigenvalue weighted by molar-refractivity contribution is 5.60. The van der Waals surface area contributed by atoms with Crippen molar-refractivity contribution in [1.29, 1.82) is 0 Å². The van der Waals surface area contributed by atoms with Gasteiger partial charge in [-0.3, -0.25) is 0 Å². The van der Waals surface area contributed by atoms with Gasteiger partial charge in [-0.25, -0.2) is 0 Å². The van der Waals surface area contributed by atoms with E-state index in [2.05, 4.69) is 19.2 Å². The Labute approximate surface area is 104 Å². The Morgan fingerprint density at radius 1 is 1.24 bits per heavy atom. The highest BCUT2D eigenvalue weighted by Gasteiger charge is 2.08. The van der Waals surface area contributed by atoms with Gasteiger partial charge in [-0.05, 0) is 25.5 Å². The minimum absolute atomic E-state index is 0.441. The Hall–Kier alpha value is -1.38. The van der Waals surface area contributed by atoms with Crippen LogP contribution in [0.3, 0.4) is 0 Å². The molecule has 1 aromatic rings. The second-order valence-electron chi connectivity index (χ2n) is 4.25. The molecule has 1 rings (SSSR count). The van der Waals surface area contributed by atoms with E-state index in [1.54, 1.807) is 14.2 Å². The molecule has 0 fully saturated rings. The lowest BCUT2D eigenvalue weighted by molar-refractivity contribution is 0.404. The van der Waals surface area contributed by atoms with Crippen molar-refractivity contribution in [2.45, 2.75) is 39.2 Å². The molecule has 3 nitrogen and oxygen atoms in total. The van der Waals surface area contributed by atoms with Gasteiger partial charge in [-0.2, -0.15) is 0 Å². The maximum Gasteiger partial charge on any atom is 0.142 e. The molecule has 0 aliphatic rings. The molecular formula is C14H23NO2. The molecule has 0 amide bonds. The fourth-order valence-corrected chi connectivity index (χ4v) is 1.77. The molecule has 0 spiro atoms. The summed E-state index contributed by atoms with van der Waals surface area (Å²) in [5.41, 5.74) is 0.996. The Balaban J connectivity index is 2.72. The maximum atomic E-state index is 5.33. The first-order valence-corrected chi connectivity index (χ1v) is 6.19. The minimum atomic E-state index is 0.441. The monoisotopic (exact) mass is 237 g/mol. The molecule has 1 atom stereocenters. The highest BCUT2D eigenvalue weighted by Crippen LogP contribution is 2.29. The van der Waals surface area contributed by atoms with Crippen LogP contribution in [0.1, 0.15) is 33.1 Å². The van der Waals surface area contributed by atoms with Crippen molar-refractivity contribution in [3.05, 3.63) is 18.2 Å². The zero-order valence-corrected chi connectivity index (χ0v) is 11.2. The lowest BCUT2D eigenvalue weighted by Crippen LogP contribution is -2.15. The summed E-state index contributed by atoms with van der Waals surface area (Å²) in [4.78, 5) is 0. The second kappa shape index (κ2) is 7.05. The largest absolute Gasteiger partial charge is 0.497 e. The van der Waals surface area contributed by atoms with Crippen molar-refractivity contribution < 1.29 is 9.47 Å². The third kappa shape index (κ3) is 4.17. The zero-order chi connectivity index (χ0) is 12.7. The molecule has 0 saturated heterocycles. The number of benzene rings is 1. The standard InChI is InChI=1S/C14H23NO2/c1-5-6-7-11(2)15-13-10-12(16-3)8-9-14(13)17-4/h8-11,15H,5-7H2,1-4H3. The number of hydrogen-bond acceptors (Lipinski definition) is 3. The molecule has 1 N–H and O–H groups in total. The van der Waals surface area contributed by atoms with Gasteiger partial charge < -0.3 is 14.8 Å². The van der Waals surface area contributed by atoms with Crippen LogP contribution in [-0.4, -0.2) is 20.3 Å². The Bertz CT molecular complexity index is 339. The van der Waals surface area contributed by atoms with Gasteiger partial charge in [0.25, 0.3) is 0 Å². The number of rotatable bonds is 7. The van der Waals surface area contributed by atoms with Crippen LogP contribution in [-0.2, 0) is 0 Å².